The Morgan fingerprint density at radius 3 is 2.50 bits per heavy atom. The molecule has 1 aliphatic rings. The van der Waals surface area contributed by atoms with Gasteiger partial charge in [-0.2, -0.15) is 5.26 Å². The summed E-state index contributed by atoms with van der Waals surface area (Å²) in [4.78, 5) is 0. The van der Waals surface area contributed by atoms with Crippen molar-refractivity contribution in [1.29, 1.82) is 5.26 Å². The summed E-state index contributed by atoms with van der Waals surface area (Å²) in [5.41, 5.74) is 0. The fourth-order valence-corrected chi connectivity index (χ4v) is 2.15. The second-order valence-electron chi connectivity index (χ2n) is 3.68. The molecule has 1 aliphatic carbocycles. The lowest BCUT2D eigenvalue weighted by molar-refractivity contribution is 0.130. The van der Waals surface area contributed by atoms with Crippen LogP contribution in [0.1, 0.15) is 38.5 Å². The fraction of sp³-hybridized carbons (Fsp3) is 0.900. The zero-order valence-corrected chi connectivity index (χ0v) is 7.50. The van der Waals surface area contributed by atoms with Crippen molar-refractivity contribution in [3.05, 3.63) is 0 Å². The second-order valence-corrected chi connectivity index (χ2v) is 3.68. The van der Waals surface area contributed by atoms with Crippen LogP contribution in [0.15, 0.2) is 0 Å². The maximum atomic E-state index is 9.08. The first-order valence-electron chi connectivity index (χ1n) is 4.86. The number of nitrogens with zero attached hydrogens (tertiary/aromatic N) is 1. The lowest BCUT2D eigenvalue weighted by atomic mass is 9.77. The van der Waals surface area contributed by atoms with Gasteiger partial charge in [0.2, 0.25) is 0 Å². The van der Waals surface area contributed by atoms with Gasteiger partial charge < -0.3 is 5.11 Å². The zero-order chi connectivity index (χ0) is 8.81. The highest BCUT2D eigenvalue weighted by Crippen LogP contribution is 2.32. The van der Waals surface area contributed by atoms with Gasteiger partial charge in [0, 0.05) is 13.0 Å². The molecule has 2 atom stereocenters. The van der Waals surface area contributed by atoms with E-state index in [2.05, 4.69) is 6.07 Å². The van der Waals surface area contributed by atoms with Gasteiger partial charge in [0.1, 0.15) is 0 Å². The van der Waals surface area contributed by atoms with E-state index in [1.807, 2.05) is 0 Å². The topological polar surface area (TPSA) is 44.0 Å². The molecule has 0 heterocycles. The minimum Gasteiger partial charge on any atom is -0.396 e. The summed E-state index contributed by atoms with van der Waals surface area (Å²) >= 11 is 0. The molecule has 2 heteroatoms. The smallest absolute Gasteiger partial charge is 0.0621 e. The third-order valence-corrected chi connectivity index (χ3v) is 2.93. The highest BCUT2D eigenvalue weighted by Gasteiger charge is 2.23. The molecule has 0 aromatic carbocycles. The van der Waals surface area contributed by atoms with E-state index in [9.17, 15) is 0 Å². The maximum absolute atomic E-state index is 9.08. The molecule has 0 aromatic rings. The molecule has 68 valence electrons. The summed E-state index contributed by atoms with van der Waals surface area (Å²) in [5.74, 6) is 1.09. The summed E-state index contributed by atoms with van der Waals surface area (Å²) in [5, 5.41) is 17.5. The first-order valence-corrected chi connectivity index (χ1v) is 4.86. The molecule has 0 aliphatic heterocycles. The Hall–Kier alpha value is -0.550. The van der Waals surface area contributed by atoms with Crippen LogP contribution in [0.2, 0.25) is 0 Å². The molecule has 0 amide bonds. The van der Waals surface area contributed by atoms with Crippen LogP contribution in [-0.2, 0) is 0 Å². The molecule has 0 aromatic heterocycles. The van der Waals surface area contributed by atoms with Crippen LogP contribution in [0.3, 0.4) is 0 Å². The summed E-state index contributed by atoms with van der Waals surface area (Å²) in [6, 6.07) is 2.18. The van der Waals surface area contributed by atoms with E-state index in [1.165, 1.54) is 19.3 Å². The van der Waals surface area contributed by atoms with Gasteiger partial charge in [-0.05, 0) is 24.7 Å². The van der Waals surface area contributed by atoms with Crippen LogP contribution in [-0.4, -0.2) is 11.7 Å². The Labute approximate surface area is 74.2 Å². The van der Waals surface area contributed by atoms with Crippen LogP contribution in [0, 0.1) is 23.2 Å². The molecule has 1 saturated carbocycles. The molecular formula is C10H17NO. The summed E-state index contributed by atoms with van der Waals surface area (Å²) in [6.07, 6.45) is 6.56. The Kier molecular flexibility index (Phi) is 4.10. The van der Waals surface area contributed by atoms with Crippen molar-refractivity contribution in [1.82, 2.24) is 0 Å². The van der Waals surface area contributed by atoms with E-state index in [0.29, 0.717) is 24.9 Å². The molecule has 2 unspecified atom stereocenters. The largest absolute Gasteiger partial charge is 0.396 e. The first-order chi connectivity index (χ1) is 5.88. The van der Waals surface area contributed by atoms with E-state index in [1.54, 1.807) is 0 Å². The van der Waals surface area contributed by atoms with Crippen molar-refractivity contribution in [2.24, 2.45) is 11.8 Å². The molecule has 1 rings (SSSR count). The Morgan fingerprint density at radius 1 is 1.25 bits per heavy atom. The number of nitriles is 1. The quantitative estimate of drug-likeness (QED) is 0.699. The molecule has 0 radical (unpaired) electrons. The van der Waals surface area contributed by atoms with Crippen molar-refractivity contribution < 1.29 is 5.11 Å². The standard InChI is InChI=1S/C10H17NO/c11-7-3-6-9-4-1-2-5-10(9)8-12/h9-10,12H,1-6,8H2. The van der Waals surface area contributed by atoms with Crippen molar-refractivity contribution >= 4 is 0 Å². The second kappa shape index (κ2) is 5.16. The number of rotatable bonds is 3. The van der Waals surface area contributed by atoms with Crippen LogP contribution < -0.4 is 0 Å². The van der Waals surface area contributed by atoms with Gasteiger partial charge in [-0.15, -0.1) is 0 Å². The fourth-order valence-electron chi connectivity index (χ4n) is 2.15. The molecule has 1 fully saturated rings. The van der Waals surface area contributed by atoms with Gasteiger partial charge in [-0.25, -0.2) is 0 Å². The van der Waals surface area contributed by atoms with Crippen molar-refractivity contribution in [2.75, 3.05) is 6.61 Å². The van der Waals surface area contributed by atoms with E-state index >= 15 is 0 Å². The third kappa shape index (κ3) is 2.49. The van der Waals surface area contributed by atoms with Gasteiger partial charge in [0.15, 0.2) is 0 Å². The molecule has 2 nitrogen and oxygen atoms in total. The monoisotopic (exact) mass is 167 g/mol. The molecule has 12 heavy (non-hydrogen) atoms. The molecule has 0 bridgehead atoms. The van der Waals surface area contributed by atoms with Gasteiger partial charge in [-0.1, -0.05) is 19.3 Å². The SMILES string of the molecule is N#CCCC1CCCCC1CO. The minimum absolute atomic E-state index is 0.316. The third-order valence-electron chi connectivity index (χ3n) is 2.93. The molecule has 0 saturated heterocycles. The predicted octanol–water partition coefficient (Wildman–Crippen LogP) is 2.09. The van der Waals surface area contributed by atoms with Crippen molar-refractivity contribution in [3.8, 4) is 6.07 Å². The zero-order valence-electron chi connectivity index (χ0n) is 7.50. The predicted molar refractivity (Wildman–Crippen MR) is 47.4 cm³/mol. The van der Waals surface area contributed by atoms with E-state index < -0.39 is 0 Å². The minimum atomic E-state index is 0.316. The Bertz CT molecular complexity index is 162. The summed E-state index contributed by atoms with van der Waals surface area (Å²) < 4.78 is 0. The number of hydrogen-bond donors (Lipinski definition) is 1. The lowest BCUT2D eigenvalue weighted by Crippen LogP contribution is -2.22. The molecule has 1 N–H and O–H groups in total. The molecule has 0 spiro atoms. The summed E-state index contributed by atoms with van der Waals surface area (Å²) in [7, 11) is 0. The molecular weight excluding hydrogens is 150 g/mol. The Balaban J connectivity index is 2.32. The van der Waals surface area contributed by atoms with E-state index in [0.717, 1.165) is 12.8 Å². The van der Waals surface area contributed by atoms with Gasteiger partial charge in [-0.3, -0.25) is 0 Å². The summed E-state index contributed by atoms with van der Waals surface area (Å²) in [6.45, 7) is 0.316. The first kappa shape index (κ1) is 9.54. The van der Waals surface area contributed by atoms with E-state index in [-0.39, 0.29) is 0 Å². The average molecular weight is 167 g/mol. The highest BCUT2D eigenvalue weighted by atomic mass is 16.3. The lowest BCUT2D eigenvalue weighted by Gasteiger charge is -2.29. The van der Waals surface area contributed by atoms with E-state index in [4.69, 9.17) is 10.4 Å². The van der Waals surface area contributed by atoms with Gasteiger partial charge >= 0.3 is 0 Å². The van der Waals surface area contributed by atoms with Crippen molar-refractivity contribution in [3.63, 3.8) is 0 Å². The maximum Gasteiger partial charge on any atom is 0.0621 e. The number of aliphatic hydroxyl groups excluding tert-OH is 1. The van der Waals surface area contributed by atoms with Gasteiger partial charge in [0.25, 0.3) is 0 Å². The van der Waals surface area contributed by atoms with Crippen LogP contribution in [0.4, 0.5) is 0 Å². The normalized spacial score (nSPS) is 29.7. The van der Waals surface area contributed by atoms with Crippen molar-refractivity contribution in [2.45, 2.75) is 38.5 Å². The van der Waals surface area contributed by atoms with Crippen LogP contribution in [0.25, 0.3) is 0 Å². The average Bonchev–Trinajstić information content (AvgIpc) is 2.15. The van der Waals surface area contributed by atoms with Crippen LogP contribution >= 0.6 is 0 Å². The van der Waals surface area contributed by atoms with Gasteiger partial charge in [0.05, 0.1) is 6.07 Å². The van der Waals surface area contributed by atoms with Crippen LogP contribution in [0.5, 0.6) is 0 Å². The highest BCUT2D eigenvalue weighted by molar-refractivity contribution is 4.79. The number of hydrogen-bond acceptors (Lipinski definition) is 2. The number of aliphatic hydroxyl groups is 1. The Morgan fingerprint density at radius 2 is 1.92 bits per heavy atom.